The molecule has 0 aliphatic carbocycles. The summed E-state index contributed by atoms with van der Waals surface area (Å²) >= 11 is 0. The van der Waals surface area contributed by atoms with Crippen LogP contribution in [0.1, 0.15) is 0 Å². The third kappa shape index (κ3) is 1.35. The number of hydrogen-bond acceptors (Lipinski definition) is 4. The van der Waals surface area contributed by atoms with Gasteiger partial charge in [-0.05, 0) is 12.1 Å². The van der Waals surface area contributed by atoms with Crippen LogP contribution in [0, 0.1) is 0 Å². The zero-order valence-corrected chi connectivity index (χ0v) is 6.29. The topological polar surface area (TPSA) is 73.3 Å². The molecule has 0 heterocycles. The summed E-state index contributed by atoms with van der Waals surface area (Å²) in [6, 6.07) is 5.36. The first-order valence-electron chi connectivity index (χ1n) is 3.18. The van der Waals surface area contributed by atoms with E-state index in [0.717, 1.165) is 0 Å². The SMILES string of the molecule is COc1cccc(NN)c1N. The van der Waals surface area contributed by atoms with Gasteiger partial charge in [0.2, 0.25) is 0 Å². The summed E-state index contributed by atoms with van der Waals surface area (Å²) in [5, 5.41) is 0. The van der Waals surface area contributed by atoms with Crippen LogP contribution in [0.3, 0.4) is 0 Å². The molecular weight excluding hydrogens is 142 g/mol. The second kappa shape index (κ2) is 3.12. The number of anilines is 2. The molecule has 0 saturated heterocycles. The van der Waals surface area contributed by atoms with Gasteiger partial charge in [-0.2, -0.15) is 0 Å². The number of nitrogens with two attached hydrogens (primary N) is 2. The predicted octanol–water partition coefficient (Wildman–Crippen LogP) is 0.563. The Morgan fingerprint density at radius 2 is 2.18 bits per heavy atom. The lowest BCUT2D eigenvalue weighted by Crippen LogP contribution is -2.09. The van der Waals surface area contributed by atoms with E-state index in [1.54, 1.807) is 19.2 Å². The number of ether oxygens (including phenoxy) is 1. The number of methoxy groups -OCH3 is 1. The van der Waals surface area contributed by atoms with E-state index in [1.807, 2.05) is 6.07 Å². The van der Waals surface area contributed by atoms with Crippen LogP contribution in [0.4, 0.5) is 11.4 Å². The second-order valence-corrected chi connectivity index (χ2v) is 2.07. The summed E-state index contributed by atoms with van der Waals surface area (Å²) in [6.07, 6.45) is 0. The average molecular weight is 153 g/mol. The molecule has 0 atom stereocenters. The molecule has 0 radical (unpaired) electrons. The van der Waals surface area contributed by atoms with E-state index in [9.17, 15) is 0 Å². The molecule has 0 bridgehead atoms. The Morgan fingerprint density at radius 3 is 2.73 bits per heavy atom. The molecular formula is C7H11N3O. The van der Waals surface area contributed by atoms with Crippen molar-refractivity contribution in [2.45, 2.75) is 0 Å². The van der Waals surface area contributed by atoms with E-state index >= 15 is 0 Å². The molecule has 0 spiro atoms. The monoisotopic (exact) mass is 153 g/mol. The van der Waals surface area contributed by atoms with Crippen molar-refractivity contribution in [1.82, 2.24) is 0 Å². The van der Waals surface area contributed by atoms with E-state index in [0.29, 0.717) is 17.1 Å². The quantitative estimate of drug-likeness (QED) is 0.330. The standard InChI is InChI=1S/C7H11N3O/c1-11-6-4-2-3-5(10-9)7(6)8/h2-4,10H,8-9H2,1H3. The minimum absolute atomic E-state index is 0.525. The summed E-state index contributed by atoms with van der Waals surface area (Å²) in [6.45, 7) is 0. The Balaban J connectivity index is 3.10. The summed E-state index contributed by atoms with van der Waals surface area (Å²) in [5.41, 5.74) is 9.30. The van der Waals surface area contributed by atoms with Crippen molar-refractivity contribution in [2.24, 2.45) is 5.84 Å². The maximum absolute atomic E-state index is 5.64. The van der Waals surface area contributed by atoms with Gasteiger partial charge in [-0.3, -0.25) is 5.84 Å². The Kier molecular flexibility index (Phi) is 2.18. The van der Waals surface area contributed by atoms with Crippen molar-refractivity contribution in [3.63, 3.8) is 0 Å². The van der Waals surface area contributed by atoms with E-state index in [4.69, 9.17) is 16.3 Å². The number of hydrogen-bond donors (Lipinski definition) is 3. The first kappa shape index (κ1) is 7.68. The first-order valence-corrected chi connectivity index (χ1v) is 3.18. The number of nitrogens with one attached hydrogen (secondary N) is 1. The van der Waals surface area contributed by atoms with Crippen LogP contribution in [0.25, 0.3) is 0 Å². The Bertz CT molecular complexity index is 227. The van der Waals surface area contributed by atoms with E-state index in [2.05, 4.69) is 5.43 Å². The lowest BCUT2D eigenvalue weighted by Gasteiger charge is -2.07. The number of benzene rings is 1. The highest BCUT2D eigenvalue weighted by Gasteiger charge is 2.01. The molecule has 60 valence electrons. The molecule has 0 saturated carbocycles. The predicted molar refractivity (Wildman–Crippen MR) is 45.2 cm³/mol. The zero-order chi connectivity index (χ0) is 8.27. The molecule has 1 aromatic rings. The molecule has 1 rings (SSSR count). The van der Waals surface area contributed by atoms with Crippen LogP contribution >= 0.6 is 0 Å². The van der Waals surface area contributed by atoms with Gasteiger partial charge in [-0.15, -0.1) is 0 Å². The van der Waals surface area contributed by atoms with Gasteiger partial charge >= 0.3 is 0 Å². The Morgan fingerprint density at radius 1 is 1.45 bits per heavy atom. The highest BCUT2D eigenvalue weighted by Crippen LogP contribution is 2.27. The van der Waals surface area contributed by atoms with Crippen LogP contribution in [0.2, 0.25) is 0 Å². The van der Waals surface area contributed by atoms with E-state index in [-0.39, 0.29) is 0 Å². The van der Waals surface area contributed by atoms with Crippen LogP contribution in [-0.4, -0.2) is 7.11 Å². The highest BCUT2D eigenvalue weighted by molar-refractivity contribution is 5.72. The largest absolute Gasteiger partial charge is 0.495 e. The molecule has 1 aromatic carbocycles. The maximum Gasteiger partial charge on any atom is 0.143 e. The maximum atomic E-state index is 5.64. The Labute approximate surface area is 65.1 Å². The lowest BCUT2D eigenvalue weighted by molar-refractivity contribution is 0.417. The molecule has 11 heavy (non-hydrogen) atoms. The third-order valence-corrected chi connectivity index (χ3v) is 1.44. The number of para-hydroxylation sites is 1. The average Bonchev–Trinajstić information content (AvgIpc) is 2.05. The van der Waals surface area contributed by atoms with Crippen molar-refractivity contribution >= 4 is 11.4 Å². The summed E-state index contributed by atoms with van der Waals surface area (Å²) < 4.78 is 4.97. The lowest BCUT2D eigenvalue weighted by atomic mass is 10.2. The smallest absolute Gasteiger partial charge is 0.143 e. The molecule has 5 N–H and O–H groups in total. The van der Waals surface area contributed by atoms with Gasteiger partial charge in [-0.25, -0.2) is 0 Å². The first-order chi connectivity index (χ1) is 5.29. The zero-order valence-electron chi connectivity index (χ0n) is 6.29. The van der Waals surface area contributed by atoms with Crippen molar-refractivity contribution in [1.29, 1.82) is 0 Å². The van der Waals surface area contributed by atoms with E-state index < -0.39 is 0 Å². The van der Waals surface area contributed by atoms with Crippen molar-refractivity contribution in [3.05, 3.63) is 18.2 Å². The fourth-order valence-electron chi connectivity index (χ4n) is 0.848. The highest BCUT2D eigenvalue weighted by atomic mass is 16.5. The summed E-state index contributed by atoms with van der Waals surface area (Å²) in [7, 11) is 1.56. The Hall–Kier alpha value is -1.42. The number of hydrazine groups is 1. The van der Waals surface area contributed by atoms with Crippen LogP contribution in [0.15, 0.2) is 18.2 Å². The van der Waals surface area contributed by atoms with Gasteiger partial charge < -0.3 is 15.9 Å². The molecule has 4 heteroatoms. The second-order valence-electron chi connectivity index (χ2n) is 2.07. The fraction of sp³-hybridized carbons (Fsp3) is 0.143. The van der Waals surface area contributed by atoms with Gasteiger partial charge in [0, 0.05) is 0 Å². The molecule has 4 nitrogen and oxygen atoms in total. The minimum atomic E-state index is 0.525. The van der Waals surface area contributed by atoms with Crippen molar-refractivity contribution < 1.29 is 4.74 Å². The molecule has 0 amide bonds. The van der Waals surface area contributed by atoms with Crippen LogP contribution in [0.5, 0.6) is 5.75 Å². The van der Waals surface area contributed by atoms with E-state index in [1.165, 1.54) is 0 Å². The third-order valence-electron chi connectivity index (χ3n) is 1.44. The van der Waals surface area contributed by atoms with Crippen LogP contribution < -0.4 is 21.7 Å². The molecule has 0 unspecified atom stereocenters. The molecule has 0 fully saturated rings. The summed E-state index contributed by atoms with van der Waals surface area (Å²) in [5.74, 6) is 5.81. The van der Waals surface area contributed by atoms with Crippen molar-refractivity contribution in [3.8, 4) is 5.75 Å². The molecule has 0 aliphatic rings. The molecule has 0 aliphatic heterocycles. The fourth-order valence-corrected chi connectivity index (χ4v) is 0.848. The van der Waals surface area contributed by atoms with Crippen LogP contribution in [-0.2, 0) is 0 Å². The van der Waals surface area contributed by atoms with Gasteiger partial charge in [0.05, 0.1) is 18.5 Å². The molecule has 0 aromatic heterocycles. The number of nitrogen functional groups attached to an aromatic ring is 2. The van der Waals surface area contributed by atoms with Crippen molar-refractivity contribution in [2.75, 3.05) is 18.3 Å². The van der Waals surface area contributed by atoms with Gasteiger partial charge in [0.25, 0.3) is 0 Å². The van der Waals surface area contributed by atoms with Gasteiger partial charge in [0.15, 0.2) is 0 Å². The van der Waals surface area contributed by atoms with Gasteiger partial charge in [0.1, 0.15) is 5.75 Å². The number of rotatable bonds is 2. The van der Waals surface area contributed by atoms with Gasteiger partial charge in [-0.1, -0.05) is 6.07 Å². The summed E-state index contributed by atoms with van der Waals surface area (Å²) in [4.78, 5) is 0. The normalized spacial score (nSPS) is 9.27. The minimum Gasteiger partial charge on any atom is -0.495 e.